The fraction of sp³-hybridized carbons (Fsp3) is 0.412. The predicted octanol–water partition coefficient (Wildman–Crippen LogP) is 2.18. The fourth-order valence-electron chi connectivity index (χ4n) is 2.30. The lowest BCUT2D eigenvalue weighted by molar-refractivity contribution is -0.145. The first-order chi connectivity index (χ1) is 10.8. The monoisotopic (exact) mass is 320 g/mol. The molecule has 0 bridgehead atoms. The highest BCUT2D eigenvalue weighted by molar-refractivity contribution is 5.90. The highest BCUT2D eigenvalue weighted by Gasteiger charge is 2.33. The zero-order chi connectivity index (χ0) is 17.5. The molecule has 0 fully saturated rings. The van der Waals surface area contributed by atoms with E-state index < -0.39 is 17.4 Å². The van der Waals surface area contributed by atoms with Crippen molar-refractivity contribution >= 4 is 18.0 Å². The van der Waals surface area contributed by atoms with Crippen LogP contribution in [0.15, 0.2) is 30.3 Å². The molecule has 1 atom stereocenters. The summed E-state index contributed by atoms with van der Waals surface area (Å²) in [4.78, 5) is 22.4. The minimum absolute atomic E-state index is 0.272. The number of benzene rings is 1. The second-order valence-corrected chi connectivity index (χ2v) is 6.14. The summed E-state index contributed by atoms with van der Waals surface area (Å²) in [6.45, 7) is 6.12. The van der Waals surface area contributed by atoms with Gasteiger partial charge in [-0.3, -0.25) is 20.1 Å². The second kappa shape index (κ2) is 8.45. The summed E-state index contributed by atoms with van der Waals surface area (Å²) in [7, 11) is 0. The van der Waals surface area contributed by atoms with Crippen LogP contribution in [-0.4, -0.2) is 27.7 Å². The molecule has 0 heterocycles. The third-order valence-corrected chi connectivity index (χ3v) is 3.49. The van der Waals surface area contributed by atoms with Gasteiger partial charge in [0.1, 0.15) is 5.54 Å². The van der Waals surface area contributed by atoms with Crippen LogP contribution in [0.4, 0.5) is 0 Å². The van der Waals surface area contributed by atoms with Crippen LogP contribution in [-0.2, 0) is 16.1 Å². The summed E-state index contributed by atoms with van der Waals surface area (Å²) >= 11 is 0. The number of hydrogen-bond donors (Lipinski definition) is 4. The average molecular weight is 320 g/mol. The van der Waals surface area contributed by atoms with E-state index in [4.69, 9.17) is 5.21 Å². The average Bonchev–Trinajstić information content (AvgIpc) is 2.50. The molecule has 1 rings (SSSR count). The van der Waals surface area contributed by atoms with Crippen LogP contribution in [0.1, 0.15) is 38.3 Å². The highest BCUT2D eigenvalue weighted by atomic mass is 16.5. The summed E-state index contributed by atoms with van der Waals surface area (Å²) in [6.07, 6.45) is 3.33. The topological polar surface area (TPSA) is 98.7 Å². The normalized spacial score (nSPS) is 14.0. The number of carbonyl (C=O) groups excluding carboxylic acids is 1. The van der Waals surface area contributed by atoms with Crippen molar-refractivity contribution in [2.45, 2.75) is 39.3 Å². The number of hydrogen-bond acceptors (Lipinski definition) is 4. The molecular weight excluding hydrogens is 296 g/mol. The number of carboxylic acids is 1. The van der Waals surface area contributed by atoms with Crippen molar-refractivity contribution in [2.75, 3.05) is 0 Å². The zero-order valence-electron chi connectivity index (χ0n) is 13.7. The van der Waals surface area contributed by atoms with E-state index in [0.717, 1.165) is 11.1 Å². The van der Waals surface area contributed by atoms with Gasteiger partial charge in [0.15, 0.2) is 0 Å². The zero-order valence-corrected chi connectivity index (χ0v) is 13.7. The first-order valence-corrected chi connectivity index (χ1v) is 7.46. The maximum Gasteiger partial charge on any atom is 0.323 e. The van der Waals surface area contributed by atoms with Crippen LogP contribution >= 0.6 is 0 Å². The molecule has 0 aromatic heterocycles. The number of rotatable bonds is 8. The molecule has 23 heavy (non-hydrogen) atoms. The van der Waals surface area contributed by atoms with Gasteiger partial charge in [-0.05, 0) is 36.5 Å². The van der Waals surface area contributed by atoms with Gasteiger partial charge in [0, 0.05) is 12.6 Å². The molecule has 1 amide bonds. The molecule has 0 unspecified atom stereocenters. The molecule has 0 aliphatic rings. The Labute approximate surface area is 136 Å². The van der Waals surface area contributed by atoms with Crippen molar-refractivity contribution in [2.24, 2.45) is 5.92 Å². The Kier molecular flexibility index (Phi) is 6.93. The lowest BCUT2D eigenvalue weighted by Gasteiger charge is -2.28. The number of aliphatic carboxylic acids is 1. The van der Waals surface area contributed by atoms with Gasteiger partial charge < -0.3 is 5.11 Å². The SMILES string of the molecule is CC(C)C[C@@](C)(NCc1ccc(/C=C/C(=O)NO)cc1)C(=O)O. The van der Waals surface area contributed by atoms with Crippen molar-refractivity contribution in [3.8, 4) is 0 Å². The molecule has 0 spiro atoms. The molecular formula is C17H24N2O4. The number of hydroxylamine groups is 1. The molecule has 6 heteroatoms. The lowest BCUT2D eigenvalue weighted by Crippen LogP contribution is -2.49. The molecule has 0 saturated carbocycles. The van der Waals surface area contributed by atoms with Gasteiger partial charge in [-0.1, -0.05) is 38.1 Å². The van der Waals surface area contributed by atoms with Gasteiger partial charge in [-0.25, -0.2) is 5.48 Å². The summed E-state index contributed by atoms with van der Waals surface area (Å²) < 4.78 is 0. The van der Waals surface area contributed by atoms with Crippen LogP contribution in [0.3, 0.4) is 0 Å². The predicted molar refractivity (Wildman–Crippen MR) is 87.7 cm³/mol. The van der Waals surface area contributed by atoms with Gasteiger partial charge >= 0.3 is 5.97 Å². The minimum Gasteiger partial charge on any atom is -0.480 e. The molecule has 0 aliphatic heterocycles. The minimum atomic E-state index is -0.966. The van der Waals surface area contributed by atoms with Crippen molar-refractivity contribution in [3.63, 3.8) is 0 Å². The highest BCUT2D eigenvalue weighted by Crippen LogP contribution is 2.18. The largest absolute Gasteiger partial charge is 0.480 e. The van der Waals surface area contributed by atoms with E-state index in [9.17, 15) is 14.7 Å². The van der Waals surface area contributed by atoms with E-state index in [2.05, 4.69) is 5.32 Å². The Morgan fingerprint density at radius 3 is 2.35 bits per heavy atom. The Bertz CT molecular complexity index is 566. The van der Waals surface area contributed by atoms with Crippen molar-refractivity contribution in [3.05, 3.63) is 41.5 Å². The fourth-order valence-corrected chi connectivity index (χ4v) is 2.30. The maximum absolute atomic E-state index is 11.5. The third kappa shape index (κ3) is 6.22. The van der Waals surface area contributed by atoms with Gasteiger partial charge in [0.25, 0.3) is 5.91 Å². The number of amides is 1. The molecule has 126 valence electrons. The van der Waals surface area contributed by atoms with E-state index in [1.54, 1.807) is 13.0 Å². The third-order valence-electron chi connectivity index (χ3n) is 3.49. The van der Waals surface area contributed by atoms with E-state index in [0.29, 0.717) is 13.0 Å². The molecule has 0 radical (unpaired) electrons. The lowest BCUT2D eigenvalue weighted by atomic mass is 9.90. The van der Waals surface area contributed by atoms with Crippen molar-refractivity contribution in [1.82, 2.24) is 10.8 Å². The van der Waals surface area contributed by atoms with E-state index in [-0.39, 0.29) is 5.92 Å². The van der Waals surface area contributed by atoms with Gasteiger partial charge in [-0.15, -0.1) is 0 Å². The van der Waals surface area contributed by atoms with Crippen LogP contribution in [0.25, 0.3) is 6.08 Å². The molecule has 4 N–H and O–H groups in total. The molecule has 0 saturated heterocycles. The smallest absolute Gasteiger partial charge is 0.323 e. The second-order valence-electron chi connectivity index (χ2n) is 6.14. The maximum atomic E-state index is 11.5. The summed E-state index contributed by atoms with van der Waals surface area (Å²) in [5, 5.41) is 20.9. The Balaban J connectivity index is 2.69. The molecule has 0 aliphatic carbocycles. The van der Waals surface area contributed by atoms with Gasteiger partial charge in [0.2, 0.25) is 0 Å². The van der Waals surface area contributed by atoms with E-state index in [1.807, 2.05) is 38.1 Å². The summed E-state index contributed by atoms with van der Waals surface area (Å²) in [5.74, 6) is -1.18. The van der Waals surface area contributed by atoms with Gasteiger partial charge in [0.05, 0.1) is 0 Å². The Morgan fingerprint density at radius 1 is 1.26 bits per heavy atom. The molecule has 1 aromatic rings. The van der Waals surface area contributed by atoms with Crippen molar-refractivity contribution < 1.29 is 19.9 Å². The standard InChI is InChI=1S/C17H24N2O4/c1-12(2)10-17(3,16(21)22)18-11-14-6-4-13(5-7-14)8-9-15(20)19-23/h4-9,12,18,23H,10-11H2,1-3H3,(H,19,20)(H,21,22)/b9-8+/t17-/m1/s1. The Morgan fingerprint density at radius 2 is 1.87 bits per heavy atom. The van der Waals surface area contributed by atoms with Crippen LogP contribution < -0.4 is 10.8 Å². The number of nitrogens with one attached hydrogen (secondary N) is 2. The number of carboxylic acid groups (broad SMARTS) is 1. The summed E-state index contributed by atoms with van der Waals surface area (Å²) in [5.41, 5.74) is 2.31. The van der Waals surface area contributed by atoms with Crippen LogP contribution in [0.5, 0.6) is 0 Å². The van der Waals surface area contributed by atoms with Crippen LogP contribution in [0.2, 0.25) is 0 Å². The quantitative estimate of drug-likeness (QED) is 0.334. The summed E-state index contributed by atoms with van der Waals surface area (Å²) in [6, 6.07) is 7.36. The van der Waals surface area contributed by atoms with E-state index in [1.165, 1.54) is 11.6 Å². The number of carbonyl (C=O) groups is 2. The first-order valence-electron chi connectivity index (χ1n) is 7.46. The molecule has 6 nitrogen and oxygen atoms in total. The van der Waals surface area contributed by atoms with Gasteiger partial charge in [-0.2, -0.15) is 0 Å². The Hall–Kier alpha value is -2.18. The van der Waals surface area contributed by atoms with Crippen LogP contribution in [0, 0.1) is 5.92 Å². The van der Waals surface area contributed by atoms with Crippen molar-refractivity contribution in [1.29, 1.82) is 0 Å². The first kappa shape index (κ1) is 18.9. The van der Waals surface area contributed by atoms with E-state index >= 15 is 0 Å². The molecule has 1 aromatic carbocycles.